The maximum atomic E-state index is 12.7. The number of non-ortho nitro benzene ring substituents is 1. The Hall–Kier alpha value is -2.31. The summed E-state index contributed by atoms with van der Waals surface area (Å²) in [5.41, 5.74) is 2.05. The first-order valence-electron chi connectivity index (χ1n) is 9.21. The Morgan fingerprint density at radius 3 is 2.36 bits per heavy atom. The highest BCUT2D eigenvalue weighted by Gasteiger charge is 2.61. The molecule has 0 bridgehead atoms. The highest BCUT2D eigenvalue weighted by Crippen LogP contribution is 2.55. The summed E-state index contributed by atoms with van der Waals surface area (Å²) >= 11 is 12.9. The number of nitrogens with zero attached hydrogens (tertiary/aromatic N) is 3. The van der Waals surface area contributed by atoms with Gasteiger partial charge in [-0.3, -0.25) is 19.8 Å². The highest BCUT2D eigenvalue weighted by atomic mass is 35.5. The summed E-state index contributed by atoms with van der Waals surface area (Å²) in [4.78, 5) is 27.4. The lowest BCUT2D eigenvalue weighted by atomic mass is 9.89. The molecule has 2 fully saturated rings. The zero-order valence-electron chi connectivity index (χ0n) is 15.1. The van der Waals surface area contributed by atoms with Crippen LogP contribution in [0.5, 0.6) is 0 Å². The number of anilines is 2. The van der Waals surface area contributed by atoms with Crippen molar-refractivity contribution in [2.24, 2.45) is 0 Å². The summed E-state index contributed by atoms with van der Waals surface area (Å²) in [6.45, 7) is 1.71. The maximum absolute atomic E-state index is 12.7. The monoisotopic (exact) mass is 419 g/mol. The third-order valence-electron chi connectivity index (χ3n) is 5.35. The fraction of sp³-hybridized carbons (Fsp3) is 0.350. The molecule has 1 unspecified atom stereocenters. The second kappa shape index (κ2) is 7.26. The number of alkyl halides is 2. The van der Waals surface area contributed by atoms with Crippen LogP contribution in [0.25, 0.3) is 0 Å². The smallest absolute Gasteiger partial charge is 0.269 e. The second-order valence-corrected chi connectivity index (χ2v) is 8.47. The summed E-state index contributed by atoms with van der Waals surface area (Å²) < 4.78 is -1.67. The van der Waals surface area contributed by atoms with Crippen molar-refractivity contribution in [3.05, 3.63) is 64.2 Å². The lowest BCUT2D eigenvalue weighted by molar-refractivity contribution is -0.384. The first-order chi connectivity index (χ1) is 13.4. The highest BCUT2D eigenvalue weighted by molar-refractivity contribution is 6.62. The van der Waals surface area contributed by atoms with E-state index in [-0.39, 0.29) is 5.69 Å². The van der Waals surface area contributed by atoms with Gasteiger partial charge in [-0.05, 0) is 37.5 Å². The van der Waals surface area contributed by atoms with E-state index >= 15 is 0 Å². The van der Waals surface area contributed by atoms with Crippen LogP contribution in [-0.4, -0.2) is 28.3 Å². The number of β-lactam (4-membered cyclic amide) rings is 1. The number of carbonyl (C=O) groups is 1. The molecule has 2 heterocycles. The average Bonchev–Trinajstić information content (AvgIpc) is 2.72. The molecule has 2 aromatic rings. The molecule has 0 N–H and O–H groups in total. The van der Waals surface area contributed by atoms with Crippen LogP contribution in [0.2, 0.25) is 0 Å². The number of halogens is 2. The predicted octanol–water partition coefficient (Wildman–Crippen LogP) is 4.85. The Labute approximate surface area is 172 Å². The first kappa shape index (κ1) is 19.0. The van der Waals surface area contributed by atoms with Crippen LogP contribution >= 0.6 is 23.2 Å². The van der Waals surface area contributed by atoms with Crippen molar-refractivity contribution >= 4 is 46.2 Å². The Morgan fingerprint density at radius 2 is 1.71 bits per heavy atom. The molecule has 0 aliphatic carbocycles. The van der Waals surface area contributed by atoms with Gasteiger partial charge in [-0.1, -0.05) is 41.4 Å². The predicted molar refractivity (Wildman–Crippen MR) is 110 cm³/mol. The van der Waals surface area contributed by atoms with Gasteiger partial charge in [-0.25, -0.2) is 0 Å². The Morgan fingerprint density at radius 1 is 1.04 bits per heavy atom. The molecule has 8 heteroatoms. The molecule has 4 rings (SSSR count). The zero-order valence-corrected chi connectivity index (χ0v) is 16.6. The van der Waals surface area contributed by atoms with Crippen molar-refractivity contribution in [1.29, 1.82) is 0 Å². The van der Waals surface area contributed by atoms with E-state index in [1.165, 1.54) is 17.0 Å². The van der Waals surface area contributed by atoms with Gasteiger partial charge in [0.05, 0.1) is 4.92 Å². The third-order valence-corrected chi connectivity index (χ3v) is 6.09. The summed E-state index contributed by atoms with van der Waals surface area (Å²) in [6, 6.07) is 13.1. The summed E-state index contributed by atoms with van der Waals surface area (Å²) in [5, 5.41) is 11.4. The lowest BCUT2D eigenvalue weighted by Crippen LogP contribution is -2.63. The molecule has 1 atom stereocenters. The van der Waals surface area contributed by atoms with E-state index < -0.39 is 21.2 Å². The van der Waals surface area contributed by atoms with E-state index in [2.05, 4.69) is 4.90 Å². The van der Waals surface area contributed by atoms with Crippen molar-refractivity contribution in [3.63, 3.8) is 0 Å². The molecule has 28 heavy (non-hydrogen) atoms. The molecule has 6 nitrogen and oxygen atoms in total. The minimum atomic E-state index is -1.67. The van der Waals surface area contributed by atoms with Gasteiger partial charge in [0.1, 0.15) is 6.04 Å². The van der Waals surface area contributed by atoms with Gasteiger partial charge in [0.25, 0.3) is 11.6 Å². The summed E-state index contributed by atoms with van der Waals surface area (Å²) in [7, 11) is 0. The number of nitro benzene ring substituents is 1. The molecule has 2 aromatic carbocycles. The summed E-state index contributed by atoms with van der Waals surface area (Å²) in [5.74, 6) is -0.428. The molecule has 1 amide bonds. The Balaban J connectivity index is 1.83. The minimum Gasteiger partial charge on any atom is -0.371 e. The van der Waals surface area contributed by atoms with E-state index in [4.69, 9.17) is 23.2 Å². The lowest BCUT2D eigenvalue weighted by Gasteiger charge is -2.50. The number of hydrogen-bond acceptors (Lipinski definition) is 4. The van der Waals surface area contributed by atoms with E-state index in [0.717, 1.165) is 38.0 Å². The Kier molecular flexibility index (Phi) is 4.93. The number of benzene rings is 2. The van der Waals surface area contributed by atoms with Crippen molar-refractivity contribution in [1.82, 2.24) is 0 Å². The molecule has 0 spiro atoms. The third kappa shape index (κ3) is 3.10. The number of amides is 1. The van der Waals surface area contributed by atoms with Crippen molar-refractivity contribution in [3.8, 4) is 0 Å². The summed E-state index contributed by atoms with van der Waals surface area (Å²) in [6.07, 6.45) is 3.26. The molecular formula is C20H19Cl2N3O3. The van der Waals surface area contributed by atoms with Crippen LogP contribution in [0.1, 0.15) is 30.9 Å². The molecule has 2 saturated heterocycles. The fourth-order valence-corrected chi connectivity index (χ4v) is 4.59. The van der Waals surface area contributed by atoms with Gasteiger partial charge in [-0.15, -0.1) is 0 Å². The largest absolute Gasteiger partial charge is 0.371 e. The van der Waals surface area contributed by atoms with E-state index in [1.54, 1.807) is 18.2 Å². The van der Waals surface area contributed by atoms with E-state index in [0.29, 0.717) is 11.3 Å². The van der Waals surface area contributed by atoms with Gasteiger partial charge in [-0.2, -0.15) is 0 Å². The Bertz CT molecular complexity index is 914. The second-order valence-electron chi connectivity index (χ2n) is 7.08. The van der Waals surface area contributed by atoms with Gasteiger partial charge in [0, 0.05) is 42.2 Å². The number of carbonyl (C=O) groups excluding carboxylic acids is 1. The normalized spacial score (nSPS) is 21.4. The van der Waals surface area contributed by atoms with Crippen LogP contribution in [0.3, 0.4) is 0 Å². The number of nitro groups is 1. The van der Waals surface area contributed by atoms with Crippen molar-refractivity contribution in [2.75, 3.05) is 22.9 Å². The number of piperidine rings is 1. The topological polar surface area (TPSA) is 66.7 Å². The molecule has 146 valence electrons. The first-order valence-corrected chi connectivity index (χ1v) is 9.96. The van der Waals surface area contributed by atoms with E-state index in [1.807, 2.05) is 18.2 Å². The molecule has 2 aliphatic heterocycles. The van der Waals surface area contributed by atoms with E-state index in [9.17, 15) is 14.9 Å². The fourth-order valence-electron chi connectivity index (χ4n) is 3.98. The molecule has 2 aliphatic rings. The molecule has 0 aromatic heterocycles. The molecular weight excluding hydrogens is 401 g/mol. The van der Waals surface area contributed by atoms with Crippen LogP contribution in [-0.2, 0) is 4.79 Å². The molecule has 0 saturated carbocycles. The maximum Gasteiger partial charge on any atom is 0.269 e. The number of hydrogen-bond donors (Lipinski definition) is 0. The molecule has 0 radical (unpaired) electrons. The van der Waals surface area contributed by atoms with Crippen LogP contribution in [0, 0.1) is 10.1 Å². The SMILES string of the molecule is O=C1N(c2ccccc2)C(c2cc([N+](=O)[O-])ccc2N2CCCCC2)C1(Cl)Cl. The number of para-hydroxylation sites is 1. The van der Waals surface area contributed by atoms with Gasteiger partial charge in [0.15, 0.2) is 0 Å². The average molecular weight is 420 g/mol. The van der Waals surface area contributed by atoms with Crippen molar-refractivity contribution in [2.45, 2.75) is 29.6 Å². The number of rotatable bonds is 4. The van der Waals surface area contributed by atoms with Crippen LogP contribution < -0.4 is 9.80 Å². The van der Waals surface area contributed by atoms with Crippen molar-refractivity contribution < 1.29 is 9.72 Å². The zero-order chi connectivity index (χ0) is 19.9. The van der Waals surface area contributed by atoms with Gasteiger partial charge < -0.3 is 4.90 Å². The van der Waals surface area contributed by atoms with Gasteiger partial charge >= 0.3 is 0 Å². The van der Waals surface area contributed by atoms with Crippen LogP contribution in [0.4, 0.5) is 17.1 Å². The standard InChI is InChI=1S/C20H19Cl2N3O3/c21-20(22)18(24(19(20)26)14-7-3-1-4-8-14)16-13-15(25(27)28)9-10-17(16)23-11-5-2-6-12-23/h1,3-4,7-10,13,18H,2,5-6,11-12H2. The van der Waals surface area contributed by atoms with Gasteiger partial charge in [0.2, 0.25) is 4.33 Å². The minimum absolute atomic E-state index is 0.0488. The van der Waals surface area contributed by atoms with Crippen LogP contribution in [0.15, 0.2) is 48.5 Å². The quantitative estimate of drug-likeness (QED) is 0.307.